The van der Waals surface area contributed by atoms with E-state index < -0.39 is 10.0 Å². The molecule has 0 spiro atoms. The Morgan fingerprint density at radius 3 is 2.75 bits per heavy atom. The quantitative estimate of drug-likeness (QED) is 0.878. The Hall–Kier alpha value is -1.07. The van der Waals surface area contributed by atoms with Crippen molar-refractivity contribution in [1.29, 1.82) is 0 Å². The lowest BCUT2D eigenvalue weighted by molar-refractivity contribution is 0.361. The van der Waals surface area contributed by atoms with Gasteiger partial charge in [-0.05, 0) is 30.0 Å². The van der Waals surface area contributed by atoms with Crippen molar-refractivity contribution in [3.63, 3.8) is 0 Å². The summed E-state index contributed by atoms with van der Waals surface area (Å²) in [6.07, 6.45) is 1.96. The smallest absolute Gasteiger partial charge is 0.243 e. The van der Waals surface area contributed by atoms with Gasteiger partial charge >= 0.3 is 0 Å². The van der Waals surface area contributed by atoms with Crippen molar-refractivity contribution in [3.8, 4) is 0 Å². The summed E-state index contributed by atoms with van der Waals surface area (Å²) in [4.78, 5) is 0.399. The van der Waals surface area contributed by atoms with Crippen molar-refractivity contribution < 1.29 is 8.42 Å². The minimum atomic E-state index is -3.38. The number of sulfonamides is 1. The van der Waals surface area contributed by atoms with Crippen LogP contribution in [0.3, 0.4) is 0 Å². The number of hydrogen-bond donors (Lipinski definition) is 1. The fraction of sp³-hybridized carbons (Fsp3) is 0.600. The Labute approximate surface area is 122 Å². The van der Waals surface area contributed by atoms with Gasteiger partial charge in [-0.3, -0.25) is 0 Å². The molecule has 0 radical (unpaired) electrons. The fourth-order valence-electron chi connectivity index (χ4n) is 2.45. The van der Waals surface area contributed by atoms with Gasteiger partial charge in [0.25, 0.3) is 0 Å². The van der Waals surface area contributed by atoms with Gasteiger partial charge in [0.15, 0.2) is 0 Å². The molecule has 1 heterocycles. The highest BCUT2D eigenvalue weighted by Crippen LogP contribution is 2.27. The van der Waals surface area contributed by atoms with Gasteiger partial charge in [0, 0.05) is 25.3 Å². The number of rotatable bonds is 6. The maximum absolute atomic E-state index is 12.7. The molecule has 0 aromatic heterocycles. The Balaban J connectivity index is 2.28. The summed E-state index contributed by atoms with van der Waals surface area (Å²) < 4.78 is 27.0. The molecule has 5 heteroatoms. The van der Waals surface area contributed by atoms with E-state index in [0.29, 0.717) is 23.9 Å². The van der Waals surface area contributed by atoms with Gasteiger partial charge < -0.3 is 5.32 Å². The molecular formula is C15H24N2O2S. The molecular weight excluding hydrogens is 272 g/mol. The molecule has 112 valence electrons. The molecule has 1 aliphatic heterocycles. The second-order valence-corrected chi connectivity index (χ2v) is 7.40. The van der Waals surface area contributed by atoms with E-state index in [1.54, 1.807) is 16.4 Å². The van der Waals surface area contributed by atoms with Crippen LogP contribution in [0.15, 0.2) is 23.1 Å². The van der Waals surface area contributed by atoms with Crippen LogP contribution in [0.1, 0.15) is 32.8 Å². The SMILES string of the molecule is CCC(C)CN(CC)S(=O)(=O)c1ccc2c(c1)NCC2. The van der Waals surface area contributed by atoms with Crippen LogP contribution in [-0.2, 0) is 16.4 Å². The van der Waals surface area contributed by atoms with E-state index in [1.807, 2.05) is 13.0 Å². The second-order valence-electron chi connectivity index (χ2n) is 5.46. The van der Waals surface area contributed by atoms with Gasteiger partial charge in [-0.15, -0.1) is 0 Å². The molecule has 20 heavy (non-hydrogen) atoms. The van der Waals surface area contributed by atoms with Crippen molar-refractivity contribution in [2.45, 2.75) is 38.5 Å². The number of nitrogens with one attached hydrogen (secondary N) is 1. The second kappa shape index (κ2) is 6.14. The van der Waals surface area contributed by atoms with Crippen LogP contribution in [0.2, 0.25) is 0 Å². The summed E-state index contributed by atoms with van der Waals surface area (Å²) in [6.45, 7) is 8.05. The summed E-state index contributed by atoms with van der Waals surface area (Å²) >= 11 is 0. The number of nitrogens with zero attached hydrogens (tertiary/aromatic N) is 1. The summed E-state index contributed by atoms with van der Waals surface area (Å²) in [6, 6.07) is 5.44. The fourth-order valence-corrected chi connectivity index (χ4v) is 4.05. The molecule has 2 rings (SSSR count). The number of fused-ring (bicyclic) bond motifs is 1. The van der Waals surface area contributed by atoms with Crippen molar-refractivity contribution >= 4 is 15.7 Å². The Kier molecular flexibility index (Phi) is 4.70. The average Bonchev–Trinajstić information content (AvgIpc) is 2.91. The van der Waals surface area contributed by atoms with Crippen LogP contribution < -0.4 is 5.32 Å². The van der Waals surface area contributed by atoms with Gasteiger partial charge in [0.05, 0.1) is 4.90 Å². The van der Waals surface area contributed by atoms with Gasteiger partial charge in [0.2, 0.25) is 10.0 Å². The molecule has 0 saturated carbocycles. The van der Waals surface area contributed by atoms with E-state index in [-0.39, 0.29) is 0 Å². The van der Waals surface area contributed by atoms with E-state index in [1.165, 1.54) is 5.56 Å². The summed E-state index contributed by atoms with van der Waals surface area (Å²) in [5.74, 6) is 0.372. The van der Waals surface area contributed by atoms with Crippen LogP contribution in [0.25, 0.3) is 0 Å². The lowest BCUT2D eigenvalue weighted by atomic mass is 10.1. The molecule has 1 N–H and O–H groups in total. The molecule has 1 aromatic carbocycles. The molecule has 1 unspecified atom stereocenters. The Bertz CT molecular complexity index is 569. The van der Waals surface area contributed by atoms with Crippen molar-refractivity contribution in [3.05, 3.63) is 23.8 Å². The maximum Gasteiger partial charge on any atom is 0.243 e. The highest BCUT2D eigenvalue weighted by molar-refractivity contribution is 7.89. The van der Waals surface area contributed by atoms with Gasteiger partial charge in [-0.2, -0.15) is 4.31 Å². The first kappa shape index (κ1) is 15.3. The average molecular weight is 296 g/mol. The normalized spacial score (nSPS) is 16.0. The standard InChI is InChI=1S/C15H24N2O2S/c1-4-12(3)11-17(5-2)20(18,19)14-7-6-13-8-9-16-15(13)10-14/h6-7,10,12,16H,4-5,8-9,11H2,1-3H3. The zero-order valence-electron chi connectivity index (χ0n) is 12.5. The summed E-state index contributed by atoms with van der Waals surface area (Å²) in [5.41, 5.74) is 2.17. The van der Waals surface area contributed by atoms with Crippen molar-refractivity contribution in [2.75, 3.05) is 25.0 Å². The largest absolute Gasteiger partial charge is 0.384 e. The van der Waals surface area contributed by atoms with Crippen LogP contribution in [0.4, 0.5) is 5.69 Å². The zero-order chi connectivity index (χ0) is 14.8. The van der Waals surface area contributed by atoms with E-state index in [9.17, 15) is 8.42 Å². The summed E-state index contributed by atoms with van der Waals surface area (Å²) in [5, 5.41) is 3.24. The number of hydrogen-bond acceptors (Lipinski definition) is 3. The molecule has 0 amide bonds. The first-order valence-electron chi connectivity index (χ1n) is 7.36. The minimum Gasteiger partial charge on any atom is -0.384 e. The van der Waals surface area contributed by atoms with Gasteiger partial charge in [0.1, 0.15) is 0 Å². The highest BCUT2D eigenvalue weighted by Gasteiger charge is 2.25. The third-order valence-corrected chi connectivity index (χ3v) is 5.93. The molecule has 0 fully saturated rings. The minimum absolute atomic E-state index is 0.372. The molecule has 4 nitrogen and oxygen atoms in total. The van der Waals surface area contributed by atoms with E-state index in [0.717, 1.165) is 25.1 Å². The van der Waals surface area contributed by atoms with Crippen LogP contribution in [0.5, 0.6) is 0 Å². The number of benzene rings is 1. The number of anilines is 1. The third-order valence-electron chi connectivity index (χ3n) is 3.99. The van der Waals surface area contributed by atoms with Gasteiger partial charge in [-0.25, -0.2) is 8.42 Å². The Morgan fingerprint density at radius 1 is 1.35 bits per heavy atom. The molecule has 1 aliphatic rings. The molecule has 0 bridgehead atoms. The van der Waals surface area contributed by atoms with Crippen LogP contribution >= 0.6 is 0 Å². The predicted molar refractivity (Wildman–Crippen MR) is 82.5 cm³/mol. The van der Waals surface area contributed by atoms with Crippen LogP contribution in [-0.4, -0.2) is 32.4 Å². The van der Waals surface area contributed by atoms with E-state index >= 15 is 0 Å². The maximum atomic E-state index is 12.7. The first-order valence-corrected chi connectivity index (χ1v) is 8.80. The molecule has 1 aromatic rings. The zero-order valence-corrected chi connectivity index (χ0v) is 13.3. The van der Waals surface area contributed by atoms with Crippen molar-refractivity contribution in [1.82, 2.24) is 4.31 Å². The van der Waals surface area contributed by atoms with Crippen molar-refractivity contribution in [2.24, 2.45) is 5.92 Å². The monoisotopic (exact) mass is 296 g/mol. The molecule has 1 atom stereocenters. The third kappa shape index (κ3) is 2.99. The van der Waals surface area contributed by atoms with E-state index in [2.05, 4.69) is 19.2 Å². The highest BCUT2D eigenvalue weighted by atomic mass is 32.2. The van der Waals surface area contributed by atoms with Crippen LogP contribution in [0, 0.1) is 5.92 Å². The van der Waals surface area contributed by atoms with E-state index in [4.69, 9.17) is 0 Å². The molecule has 0 aliphatic carbocycles. The Morgan fingerprint density at radius 2 is 2.10 bits per heavy atom. The summed E-state index contributed by atoms with van der Waals surface area (Å²) in [7, 11) is -3.38. The predicted octanol–water partition coefficient (Wildman–Crippen LogP) is 2.71. The first-order chi connectivity index (χ1) is 9.48. The lowest BCUT2D eigenvalue weighted by Crippen LogP contribution is -2.34. The molecule has 0 saturated heterocycles. The lowest BCUT2D eigenvalue weighted by Gasteiger charge is -2.23. The topological polar surface area (TPSA) is 49.4 Å². The van der Waals surface area contributed by atoms with Gasteiger partial charge in [-0.1, -0.05) is 33.3 Å².